The second-order valence-electron chi connectivity index (χ2n) is 3.84. The Kier molecular flexibility index (Phi) is 3.03. The molecular weight excluding hydrogens is 194 g/mol. The third-order valence-electron chi connectivity index (χ3n) is 2.80. The van der Waals surface area contributed by atoms with E-state index in [0.29, 0.717) is 12.3 Å². The molecule has 2 rings (SSSR count). The molecule has 1 aliphatic heterocycles. The van der Waals surface area contributed by atoms with Gasteiger partial charge in [0.2, 0.25) is 0 Å². The Balaban J connectivity index is 1.96. The van der Waals surface area contributed by atoms with Crippen molar-refractivity contribution in [2.75, 3.05) is 6.54 Å². The minimum Gasteiger partial charge on any atom is -0.481 e. The molecule has 82 valence electrons. The van der Waals surface area contributed by atoms with Gasteiger partial charge in [-0.25, -0.2) is 5.43 Å². The molecule has 0 saturated carbocycles. The second kappa shape index (κ2) is 4.46. The van der Waals surface area contributed by atoms with Gasteiger partial charge in [-0.2, -0.15) is 0 Å². The Bertz CT molecular complexity index is 323. The number of nitrogens with one attached hydrogen (secondary N) is 3. The van der Waals surface area contributed by atoms with E-state index in [-0.39, 0.29) is 12.5 Å². The van der Waals surface area contributed by atoms with E-state index in [1.807, 2.05) is 18.5 Å². The zero-order chi connectivity index (χ0) is 10.7. The van der Waals surface area contributed by atoms with Gasteiger partial charge >= 0.3 is 5.97 Å². The zero-order valence-corrected chi connectivity index (χ0v) is 8.36. The summed E-state index contributed by atoms with van der Waals surface area (Å²) in [6.07, 6.45) is 4.75. The van der Waals surface area contributed by atoms with Gasteiger partial charge in [0.1, 0.15) is 0 Å². The van der Waals surface area contributed by atoms with Crippen molar-refractivity contribution in [3.05, 3.63) is 24.0 Å². The van der Waals surface area contributed by atoms with E-state index in [0.717, 1.165) is 6.54 Å². The Morgan fingerprint density at radius 2 is 2.47 bits per heavy atom. The fraction of sp³-hybridized carbons (Fsp3) is 0.500. The number of carboxylic acids is 1. The van der Waals surface area contributed by atoms with Crippen LogP contribution in [0.3, 0.4) is 0 Å². The van der Waals surface area contributed by atoms with Crippen LogP contribution in [0.2, 0.25) is 0 Å². The lowest BCUT2D eigenvalue weighted by molar-refractivity contribution is -0.137. The van der Waals surface area contributed by atoms with E-state index in [4.69, 9.17) is 5.11 Å². The Hall–Kier alpha value is -1.33. The molecule has 2 unspecified atom stereocenters. The molecular formula is C10H15N3O2. The SMILES string of the molecule is O=C(O)CCC1CNNC1c1cc[nH]c1. The molecule has 1 aromatic rings. The lowest BCUT2D eigenvalue weighted by Crippen LogP contribution is -2.24. The summed E-state index contributed by atoms with van der Waals surface area (Å²) in [6.45, 7) is 0.823. The topological polar surface area (TPSA) is 77.2 Å². The fourth-order valence-corrected chi connectivity index (χ4v) is 2.00. The minimum atomic E-state index is -0.727. The van der Waals surface area contributed by atoms with Gasteiger partial charge in [0.15, 0.2) is 0 Å². The van der Waals surface area contributed by atoms with E-state index in [2.05, 4.69) is 15.8 Å². The smallest absolute Gasteiger partial charge is 0.303 e. The molecule has 4 N–H and O–H groups in total. The lowest BCUT2D eigenvalue weighted by atomic mass is 9.92. The van der Waals surface area contributed by atoms with Crippen molar-refractivity contribution in [3.63, 3.8) is 0 Å². The van der Waals surface area contributed by atoms with Crippen LogP contribution in [0.25, 0.3) is 0 Å². The van der Waals surface area contributed by atoms with Crippen LogP contribution in [0, 0.1) is 5.92 Å². The molecule has 2 heterocycles. The van der Waals surface area contributed by atoms with E-state index >= 15 is 0 Å². The van der Waals surface area contributed by atoms with Crippen molar-refractivity contribution in [1.29, 1.82) is 0 Å². The molecule has 0 aromatic carbocycles. The third-order valence-corrected chi connectivity index (χ3v) is 2.80. The van der Waals surface area contributed by atoms with E-state index < -0.39 is 5.97 Å². The summed E-state index contributed by atoms with van der Waals surface area (Å²) in [5, 5.41) is 8.64. The number of hydrazine groups is 1. The highest BCUT2D eigenvalue weighted by Crippen LogP contribution is 2.27. The summed E-state index contributed by atoms with van der Waals surface area (Å²) in [5.41, 5.74) is 7.42. The molecule has 2 atom stereocenters. The van der Waals surface area contributed by atoms with Crippen molar-refractivity contribution >= 4 is 5.97 Å². The van der Waals surface area contributed by atoms with Crippen LogP contribution in [-0.4, -0.2) is 22.6 Å². The number of hydrogen-bond donors (Lipinski definition) is 4. The van der Waals surface area contributed by atoms with Gasteiger partial charge in [0, 0.05) is 25.4 Å². The molecule has 0 aliphatic carbocycles. The van der Waals surface area contributed by atoms with Crippen molar-refractivity contribution in [2.24, 2.45) is 5.92 Å². The summed E-state index contributed by atoms with van der Waals surface area (Å²) >= 11 is 0. The van der Waals surface area contributed by atoms with E-state index in [1.54, 1.807) is 0 Å². The molecule has 1 aromatic heterocycles. The fourth-order valence-electron chi connectivity index (χ4n) is 2.00. The number of rotatable bonds is 4. The predicted molar refractivity (Wildman–Crippen MR) is 55.0 cm³/mol. The summed E-state index contributed by atoms with van der Waals surface area (Å²) in [7, 11) is 0. The molecule has 15 heavy (non-hydrogen) atoms. The van der Waals surface area contributed by atoms with Gasteiger partial charge < -0.3 is 10.1 Å². The first-order chi connectivity index (χ1) is 7.27. The number of hydrogen-bond acceptors (Lipinski definition) is 3. The maximum absolute atomic E-state index is 10.5. The quantitative estimate of drug-likeness (QED) is 0.587. The molecule has 1 aliphatic rings. The van der Waals surface area contributed by atoms with Crippen LogP contribution in [0.5, 0.6) is 0 Å². The first kappa shape index (κ1) is 10.2. The van der Waals surface area contributed by atoms with Crippen molar-refractivity contribution < 1.29 is 9.90 Å². The lowest BCUT2D eigenvalue weighted by Gasteiger charge is -2.16. The van der Waals surface area contributed by atoms with Gasteiger partial charge in [0.05, 0.1) is 6.04 Å². The monoisotopic (exact) mass is 209 g/mol. The van der Waals surface area contributed by atoms with Crippen LogP contribution < -0.4 is 10.9 Å². The molecule has 5 heteroatoms. The van der Waals surface area contributed by atoms with E-state index in [9.17, 15) is 4.79 Å². The average molecular weight is 209 g/mol. The standard InChI is InChI=1S/C10H15N3O2/c14-9(15)2-1-7-6-12-13-10(7)8-3-4-11-5-8/h3-5,7,10-13H,1-2,6H2,(H,14,15). The van der Waals surface area contributed by atoms with Gasteiger partial charge in [-0.3, -0.25) is 10.2 Å². The summed E-state index contributed by atoms with van der Waals surface area (Å²) in [5.74, 6) is -0.383. The number of aromatic amines is 1. The number of carboxylic acid groups (broad SMARTS) is 1. The van der Waals surface area contributed by atoms with Crippen molar-refractivity contribution in [1.82, 2.24) is 15.8 Å². The summed E-state index contributed by atoms with van der Waals surface area (Å²) < 4.78 is 0. The zero-order valence-electron chi connectivity index (χ0n) is 8.36. The number of H-pyrrole nitrogens is 1. The highest BCUT2D eigenvalue weighted by atomic mass is 16.4. The van der Waals surface area contributed by atoms with E-state index in [1.165, 1.54) is 5.56 Å². The summed E-state index contributed by atoms with van der Waals surface area (Å²) in [6, 6.07) is 2.23. The maximum atomic E-state index is 10.5. The Labute approximate surface area is 87.9 Å². The Morgan fingerprint density at radius 1 is 1.60 bits per heavy atom. The highest BCUT2D eigenvalue weighted by Gasteiger charge is 2.28. The van der Waals surface area contributed by atoms with Crippen LogP contribution in [0.1, 0.15) is 24.4 Å². The molecule has 0 radical (unpaired) electrons. The molecule has 1 fully saturated rings. The molecule has 5 nitrogen and oxygen atoms in total. The largest absolute Gasteiger partial charge is 0.481 e. The van der Waals surface area contributed by atoms with Gasteiger partial charge in [-0.05, 0) is 24.0 Å². The molecule has 0 spiro atoms. The highest BCUT2D eigenvalue weighted by molar-refractivity contribution is 5.66. The van der Waals surface area contributed by atoms with Gasteiger partial charge in [-0.1, -0.05) is 0 Å². The van der Waals surface area contributed by atoms with Crippen LogP contribution >= 0.6 is 0 Å². The maximum Gasteiger partial charge on any atom is 0.303 e. The number of aliphatic carboxylic acids is 1. The van der Waals surface area contributed by atoms with Crippen molar-refractivity contribution in [2.45, 2.75) is 18.9 Å². The second-order valence-corrected chi connectivity index (χ2v) is 3.84. The Morgan fingerprint density at radius 3 is 3.13 bits per heavy atom. The summed E-state index contributed by atoms with van der Waals surface area (Å²) in [4.78, 5) is 13.5. The first-order valence-corrected chi connectivity index (χ1v) is 5.10. The van der Waals surface area contributed by atoms with Crippen LogP contribution in [0.15, 0.2) is 18.5 Å². The molecule has 0 bridgehead atoms. The van der Waals surface area contributed by atoms with Crippen LogP contribution in [0.4, 0.5) is 0 Å². The van der Waals surface area contributed by atoms with Crippen molar-refractivity contribution in [3.8, 4) is 0 Å². The molecule has 1 saturated heterocycles. The van der Waals surface area contributed by atoms with Gasteiger partial charge in [0.25, 0.3) is 0 Å². The first-order valence-electron chi connectivity index (χ1n) is 5.10. The van der Waals surface area contributed by atoms with Gasteiger partial charge in [-0.15, -0.1) is 0 Å². The molecule has 0 amide bonds. The number of aromatic nitrogens is 1. The number of carbonyl (C=O) groups is 1. The predicted octanol–water partition coefficient (Wildman–Crippen LogP) is 0.645. The minimum absolute atomic E-state index is 0.218. The van der Waals surface area contributed by atoms with Crippen LogP contribution in [-0.2, 0) is 4.79 Å². The normalized spacial score (nSPS) is 25.6. The average Bonchev–Trinajstić information content (AvgIpc) is 2.85. The third kappa shape index (κ3) is 2.37.